The fraction of sp³-hybridized carbons (Fsp3) is 0.143. The summed E-state index contributed by atoms with van der Waals surface area (Å²) in [5.74, 6) is 0.488. The van der Waals surface area contributed by atoms with Gasteiger partial charge in [-0.3, -0.25) is 0 Å². The van der Waals surface area contributed by atoms with Gasteiger partial charge in [0, 0.05) is 5.88 Å². The van der Waals surface area contributed by atoms with Crippen LogP contribution in [0.5, 0.6) is 0 Å². The smallest absolute Gasteiger partial charge is 0.122 e. The first-order valence-corrected chi connectivity index (χ1v) is 8.83. The van der Waals surface area contributed by atoms with Crippen molar-refractivity contribution in [2.75, 3.05) is 0 Å². The number of rotatable bonds is 2. The molecule has 1 aromatic rings. The number of hydrogen-bond acceptors (Lipinski definition) is 0. The van der Waals surface area contributed by atoms with E-state index >= 15 is 0 Å². The van der Waals surface area contributed by atoms with Crippen LogP contribution in [0.15, 0.2) is 24.3 Å². The van der Waals surface area contributed by atoms with Gasteiger partial charge in [-0.05, 0) is 21.7 Å². The highest BCUT2D eigenvalue weighted by Crippen LogP contribution is 2.19. The molecule has 0 aliphatic heterocycles. The Morgan fingerprint density at radius 3 is 1.77 bits per heavy atom. The van der Waals surface area contributed by atoms with Crippen LogP contribution in [0.3, 0.4) is 0 Å². The van der Waals surface area contributed by atoms with Gasteiger partial charge in [0.25, 0.3) is 0 Å². The first-order chi connectivity index (χ1) is 5.54. The monoisotopic (exact) mass is 290 g/mol. The Morgan fingerprint density at radius 1 is 1.00 bits per heavy atom. The normalized spacial score (nSPS) is 10.8. The van der Waals surface area contributed by atoms with Crippen LogP contribution in [0, 0.1) is 0 Å². The summed E-state index contributed by atoms with van der Waals surface area (Å²) < 4.78 is 0. The summed E-state index contributed by atoms with van der Waals surface area (Å²) in [6.45, 7) is 0. The van der Waals surface area contributed by atoms with E-state index in [4.69, 9.17) is 44.8 Å². The van der Waals surface area contributed by atoms with E-state index in [1.54, 1.807) is 0 Å². The number of benzene rings is 1. The molecule has 0 spiro atoms. The van der Waals surface area contributed by atoms with E-state index in [1.807, 2.05) is 24.3 Å². The molecule has 0 amide bonds. The molecule has 74 valence electrons. The van der Waals surface area contributed by atoms with Crippen LogP contribution >= 0.6 is 44.8 Å². The predicted octanol–water partition coefficient (Wildman–Crippen LogP) is 1.84. The van der Waals surface area contributed by atoms with Gasteiger partial charge in [-0.2, -0.15) is 0 Å². The number of hydrogen-bond donors (Lipinski definition) is 0. The first-order valence-electron chi connectivity index (χ1n) is 3.26. The topological polar surface area (TPSA) is 0 Å². The third-order valence-electron chi connectivity index (χ3n) is 1.44. The Morgan fingerprint density at radius 2 is 1.46 bits per heavy atom. The molecular weight excluding hydrogens is 282 g/mol. The SMILES string of the molecule is ClCc1ccc([Si](Cl)(Cl)Cl)cc1.[SiH4]. The lowest BCUT2D eigenvalue weighted by Crippen LogP contribution is -2.29. The average Bonchev–Trinajstić information content (AvgIpc) is 2.03. The van der Waals surface area contributed by atoms with Crippen LogP contribution in [-0.2, 0) is 5.88 Å². The number of alkyl halides is 1. The summed E-state index contributed by atoms with van der Waals surface area (Å²) in [5.41, 5.74) is 1.03. The standard InChI is InChI=1S/C7H6Cl4Si.H4Si/c8-5-6-1-3-7(4-2-6)12(9,10)11;/h1-4H,5H2;1H4. The average molecular weight is 292 g/mol. The summed E-state index contributed by atoms with van der Waals surface area (Å²) in [4.78, 5) is 0. The van der Waals surface area contributed by atoms with Crippen molar-refractivity contribution in [3.8, 4) is 0 Å². The zero-order valence-electron chi connectivity index (χ0n) is 6.03. The molecule has 0 aliphatic rings. The highest BCUT2D eigenvalue weighted by atomic mass is 35.8. The quantitative estimate of drug-likeness (QED) is 0.443. The highest BCUT2D eigenvalue weighted by Gasteiger charge is 2.27. The van der Waals surface area contributed by atoms with Crippen LogP contribution in [0.1, 0.15) is 5.56 Å². The third-order valence-corrected chi connectivity index (χ3v) is 4.70. The van der Waals surface area contributed by atoms with Crippen molar-refractivity contribution in [2.45, 2.75) is 5.88 Å². The lowest BCUT2D eigenvalue weighted by Gasteiger charge is -2.07. The maximum atomic E-state index is 5.79. The molecule has 0 N–H and O–H groups in total. The molecule has 0 saturated heterocycles. The zero-order chi connectivity index (χ0) is 9.19. The van der Waals surface area contributed by atoms with Crippen LogP contribution in [0.25, 0.3) is 0 Å². The maximum absolute atomic E-state index is 5.79. The van der Waals surface area contributed by atoms with Gasteiger partial charge in [-0.15, -0.1) is 44.8 Å². The fourth-order valence-electron chi connectivity index (χ4n) is 0.783. The number of halogens is 4. The lowest BCUT2D eigenvalue weighted by atomic mass is 10.2. The first kappa shape index (κ1) is 13.8. The molecule has 0 unspecified atom stereocenters. The molecule has 1 aromatic carbocycles. The molecule has 13 heavy (non-hydrogen) atoms. The van der Waals surface area contributed by atoms with Crippen molar-refractivity contribution in [2.24, 2.45) is 0 Å². The Bertz CT molecular complexity index is 254. The summed E-state index contributed by atoms with van der Waals surface area (Å²) >= 11 is 23.0. The van der Waals surface area contributed by atoms with Crippen molar-refractivity contribution in [1.29, 1.82) is 0 Å². The molecule has 0 saturated carbocycles. The molecule has 0 aliphatic carbocycles. The van der Waals surface area contributed by atoms with Crippen LogP contribution in [-0.4, -0.2) is 17.0 Å². The van der Waals surface area contributed by atoms with Crippen LogP contribution in [0.4, 0.5) is 0 Å². The van der Waals surface area contributed by atoms with Crippen molar-refractivity contribution < 1.29 is 0 Å². The molecule has 6 heteroatoms. The largest absolute Gasteiger partial charge is 0.372 e. The van der Waals surface area contributed by atoms with E-state index in [2.05, 4.69) is 0 Å². The van der Waals surface area contributed by atoms with Crippen molar-refractivity contribution >= 4 is 67.0 Å². The van der Waals surface area contributed by atoms with E-state index < -0.39 is 6.00 Å². The Balaban J connectivity index is 0.00000144. The van der Waals surface area contributed by atoms with Gasteiger partial charge < -0.3 is 0 Å². The summed E-state index contributed by atoms with van der Waals surface area (Å²) in [7, 11) is 0. The van der Waals surface area contributed by atoms with E-state index in [0.29, 0.717) is 5.88 Å². The van der Waals surface area contributed by atoms with Crippen molar-refractivity contribution in [3.05, 3.63) is 29.8 Å². The van der Waals surface area contributed by atoms with Gasteiger partial charge in [0.1, 0.15) is 0 Å². The van der Waals surface area contributed by atoms with Gasteiger partial charge in [0.2, 0.25) is 0 Å². The molecule has 0 aromatic heterocycles. The maximum Gasteiger partial charge on any atom is 0.372 e. The minimum Gasteiger partial charge on any atom is -0.122 e. The predicted molar refractivity (Wildman–Crippen MR) is 70.3 cm³/mol. The second-order valence-corrected chi connectivity index (χ2v) is 11.0. The molecular formula is C7H10Cl4Si2. The third kappa shape index (κ3) is 4.23. The lowest BCUT2D eigenvalue weighted by molar-refractivity contribution is 1.41. The minimum absolute atomic E-state index is 0. The van der Waals surface area contributed by atoms with E-state index in [9.17, 15) is 0 Å². The summed E-state index contributed by atoms with van der Waals surface area (Å²) in [6, 6.07) is 4.68. The van der Waals surface area contributed by atoms with Gasteiger partial charge in [-0.1, -0.05) is 24.3 Å². The second-order valence-electron chi connectivity index (χ2n) is 2.33. The summed E-state index contributed by atoms with van der Waals surface area (Å²) in [6.07, 6.45) is 0. The molecule has 0 bridgehead atoms. The van der Waals surface area contributed by atoms with Crippen LogP contribution in [0.2, 0.25) is 0 Å². The molecule has 0 heterocycles. The van der Waals surface area contributed by atoms with Gasteiger partial charge in [-0.25, -0.2) is 0 Å². The minimum atomic E-state index is -2.70. The van der Waals surface area contributed by atoms with Crippen molar-refractivity contribution in [1.82, 2.24) is 0 Å². The second kappa shape index (κ2) is 5.64. The molecule has 1 rings (SSSR count). The summed E-state index contributed by atoms with van der Waals surface area (Å²) in [5, 5.41) is 0.793. The molecule has 0 atom stereocenters. The highest BCUT2D eigenvalue weighted by molar-refractivity contribution is 7.69. The van der Waals surface area contributed by atoms with Gasteiger partial charge >= 0.3 is 6.00 Å². The van der Waals surface area contributed by atoms with E-state index in [-0.39, 0.29) is 11.0 Å². The zero-order valence-corrected chi connectivity index (χ0v) is 10.1. The Labute approximate surface area is 102 Å². The molecule has 0 fully saturated rings. The Hall–Kier alpha value is 0.814. The van der Waals surface area contributed by atoms with E-state index in [1.165, 1.54) is 0 Å². The molecule has 0 nitrogen and oxygen atoms in total. The molecule has 0 radical (unpaired) electrons. The fourth-order valence-corrected chi connectivity index (χ4v) is 2.64. The van der Waals surface area contributed by atoms with Crippen LogP contribution < -0.4 is 5.19 Å². The van der Waals surface area contributed by atoms with Crippen molar-refractivity contribution in [3.63, 3.8) is 0 Å². The van der Waals surface area contributed by atoms with Gasteiger partial charge in [0.05, 0.1) is 0 Å². The van der Waals surface area contributed by atoms with Gasteiger partial charge in [0.15, 0.2) is 0 Å². The van der Waals surface area contributed by atoms with E-state index in [0.717, 1.165) is 10.8 Å². The Kier molecular flexibility index (Phi) is 5.99.